The molecule has 1 rings (SSSR count). The molecule has 90 valence electrons. The minimum atomic E-state index is -0.373. The molecule has 1 atom stereocenters. The second kappa shape index (κ2) is 6.43. The van der Waals surface area contributed by atoms with Crippen LogP contribution in [0.25, 0.3) is 0 Å². The molecular weight excluding hydrogens is 248 g/mol. The van der Waals surface area contributed by atoms with Gasteiger partial charge in [0.15, 0.2) is 0 Å². The highest BCUT2D eigenvalue weighted by Crippen LogP contribution is 2.17. The molecule has 0 heterocycles. The molecule has 0 aliphatic rings. The maximum Gasteiger partial charge on any atom is 0.141 e. The van der Waals surface area contributed by atoms with Crippen molar-refractivity contribution in [1.29, 1.82) is 0 Å². The van der Waals surface area contributed by atoms with Gasteiger partial charge in [0, 0.05) is 11.9 Å². The molecule has 0 aliphatic heterocycles. The summed E-state index contributed by atoms with van der Waals surface area (Å²) in [4.78, 5) is 2.14. The predicted molar refractivity (Wildman–Crippen MR) is 67.7 cm³/mol. The molecule has 1 aromatic carbocycles. The summed E-state index contributed by atoms with van der Waals surface area (Å²) in [7, 11) is 2.01. The Morgan fingerprint density at radius 2 is 2.12 bits per heavy atom. The number of alkyl halides is 1. The fourth-order valence-corrected chi connectivity index (χ4v) is 1.73. The summed E-state index contributed by atoms with van der Waals surface area (Å²) in [6.45, 7) is 3.65. The van der Waals surface area contributed by atoms with Crippen molar-refractivity contribution in [2.75, 3.05) is 13.6 Å². The molecule has 0 saturated carbocycles. The van der Waals surface area contributed by atoms with E-state index >= 15 is 0 Å². The molecule has 0 aromatic heterocycles. The summed E-state index contributed by atoms with van der Waals surface area (Å²) in [5, 5.41) is 0.357. The molecule has 0 fully saturated rings. The standard InChI is InChI=1S/C12H16Cl2FN/c1-9(13)5-6-16(2)8-10-3-4-12(15)11(14)7-10/h3-4,7,9H,5-6,8H2,1-2H3. The Bertz CT molecular complexity index is 342. The average molecular weight is 264 g/mol. The number of hydrogen-bond acceptors (Lipinski definition) is 1. The maximum atomic E-state index is 12.9. The van der Waals surface area contributed by atoms with Crippen LogP contribution >= 0.6 is 23.2 Å². The Hall–Kier alpha value is -0.310. The van der Waals surface area contributed by atoms with Gasteiger partial charge in [0.25, 0.3) is 0 Å². The lowest BCUT2D eigenvalue weighted by Crippen LogP contribution is -2.20. The first-order valence-corrected chi connectivity index (χ1v) is 6.07. The van der Waals surface area contributed by atoms with Crippen molar-refractivity contribution in [2.24, 2.45) is 0 Å². The van der Waals surface area contributed by atoms with Crippen LogP contribution in [0.1, 0.15) is 18.9 Å². The zero-order valence-electron chi connectivity index (χ0n) is 9.51. The van der Waals surface area contributed by atoms with Crippen LogP contribution in [-0.4, -0.2) is 23.9 Å². The van der Waals surface area contributed by atoms with Crippen molar-refractivity contribution in [3.05, 3.63) is 34.6 Å². The smallest absolute Gasteiger partial charge is 0.141 e. The van der Waals surface area contributed by atoms with Crippen LogP contribution < -0.4 is 0 Å². The van der Waals surface area contributed by atoms with E-state index in [1.807, 2.05) is 14.0 Å². The molecule has 0 aliphatic carbocycles. The van der Waals surface area contributed by atoms with Crippen molar-refractivity contribution >= 4 is 23.2 Å². The highest BCUT2D eigenvalue weighted by molar-refractivity contribution is 6.30. The highest BCUT2D eigenvalue weighted by atomic mass is 35.5. The largest absolute Gasteiger partial charge is 0.302 e. The first kappa shape index (κ1) is 13.8. The van der Waals surface area contributed by atoms with E-state index in [0.29, 0.717) is 0 Å². The molecule has 0 N–H and O–H groups in total. The molecule has 0 amide bonds. The predicted octanol–water partition coefficient (Wildman–Crippen LogP) is 3.93. The van der Waals surface area contributed by atoms with Crippen molar-refractivity contribution in [2.45, 2.75) is 25.3 Å². The lowest BCUT2D eigenvalue weighted by molar-refractivity contribution is 0.321. The van der Waals surface area contributed by atoms with Gasteiger partial charge in [-0.15, -0.1) is 11.6 Å². The highest BCUT2D eigenvalue weighted by Gasteiger charge is 2.05. The fourth-order valence-electron chi connectivity index (χ4n) is 1.43. The average Bonchev–Trinajstić information content (AvgIpc) is 2.21. The van der Waals surface area contributed by atoms with Crippen molar-refractivity contribution in [1.82, 2.24) is 4.90 Å². The Morgan fingerprint density at radius 3 is 2.69 bits per heavy atom. The molecule has 0 radical (unpaired) electrons. The monoisotopic (exact) mass is 263 g/mol. The zero-order valence-corrected chi connectivity index (χ0v) is 11.0. The molecule has 1 nitrogen and oxygen atoms in total. The van der Waals surface area contributed by atoms with Gasteiger partial charge in [-0.1, -0.05) is 17.7 Å². The third-order valence-electron chi connectivity index (χ3n) is 2.35. The molecular formula is C12H16Cl2FN. The van der Waals surface area contributed by atoms with Gasteiger partial charge in [-0.05, 0) is 44.6 Å². The van der Waals surface area contributed by atoms with Crippen LogP contribution in [0.5, 0.6) is 0 Å². The maximum absolute atomic E-state index is 12.9. The van der Waals surface area contributed by atoms with E-state index in [2.05, 4.69) is 4.90 Å². The van der Waals surface area contributed by atoms with Crippen LogP contribution in [0.15, 0.2) is 18.2 Å². The normalized spacial score (nSPS) is 13.1. The zero-order chi connectivity index (χ0) is 12.1. The van der Waals surface area contributed by atoms with Gasteiger partial charge in [0.05, 0.1) is 5.02 Å². The summed E-state index contributed by atoms with van der Waals surface area (Å²) in [5.41, 5.74) is 1.01. The van der Waals surface area contributed by atoms with Crippen LogP contribution in [0.4, 0.5) is 4.39 Å². The second-order valence-electron chi connectivity index (χ2n) is 4.06. The van der Waals surface area contributed by atoms with E-state index in [9.17, 15) is 4.39 Å². The van der Waals surface area contributed by atoms with Crippen molar-refractivity contribution in [3.63, 3.8) is 0 Å². The number of nitrogens with zero attached hydrogens (tertiary/aromatic N) is 1. The number of benzene rings is 1. The summed E-state index contributed by atoms with van der Waals surface area (Å²) < 4.78 is 12.9. The van der Waals surface area contributed by atoms with Gasteiger partial charge in [-0.3, -0.25) is 0 Å². The van der Waals surface area contributed by atoms with Crippen LogP contribution in [0, 0.1) is 5.82 Å². The third-order valence-corrected chi connectivity index (χ3v) is 2.85. The minimum absolute atomic E-state index is 0.177. The third kappa shape index (κ3) is 4.69. The Morgan fingerprint density at radius 1 is 1.44 bits per heavy atom. The number of rotatable bonds is 5. The lowest BCUT2D eigenvalue weighted by Gasteiger charge is -2.17. The van der Waals surface area contributed by atoms with Gasteiger partial charge in [-0.2, -0.15) is 0 Å². The summed E-state index contributed by atoms with van der Waals surface area (Å²) >= 11 is 11.6. The Kier molecular flexibility index (Phi) is 5.53. The van der Waals surface area contributed by atoms with Gasteiger partial charge < -0.3 is 4.90 Å². The first-order valence-electron chi connectivity index (χ1n) is 5.25. The quantitative estimate of drug-likeness (QED) is 0.728. The topological polar surface area (TPSA) is 3.24 Å². The van der Waals surface area contributed by atoms with E-state index in [0.717, 1.165) is 25.1 Å². The molecule has 16 heavy (non-hydrogen) atoms. The second-order valence-corrected chi connectivity index (χ2v) is 5.21. The van der Waals surface area contributed by atoms with Gasteiger partial charge in [-0.25, -0.2) is 4.39 Å². The van der Waals surface area contributed by atoms with Crippen LogP contribution in [0.3, 0.4) is 0 Å². The van der Waals surface area contributed by atoms with E-state index in [1.165, 1.54) is 6.07 Å². The van der Waals surface area contributed by atoms with Crippen molar-refractivity contribution in [3.8, 4) is 0 Å². The van der Waals surface area contributed by atoms with Crippen LogP contribution in [0.2, 0.25) is 5.02 Å². The Labute approximate surface area is 106 Å². The summed E-state index contributed by atoms with van der Waals surface area (Å²) in [6.07, 6.45) is 0.937. The molecule has 0 saturated heterocycles. The van der Waals surface area contributed by atoms with E-state index < -0.39 is 0 Å². The van der Waals surface area contributed by atoms with Gasteiger partial charge in [0.2, 0.25) is 0 Å². The molecule has 0 bridgehead atoms. The molecule has 0 spiro atoms. The first-order chi connectivity index (χ1) is 7.49. The number of hydrogen-bond donors (Lipinski definition) is 0. The van der Waals surface area contributed by atoms with E-state index in [4.69, 9.17) is 23.2 Å². The summed E-state index contributed by atoms with van der Waals surface area (Å²) in [5.74, 6) is -0.373. The Balaban J connectivity index is 2.49. The molecule has 1 aromatic rings. The minimum Gasteiger partial charge on any atom is -0.302 e. The lowest BCUT2D eigenvalue weighted by atomic mass is 10.2. The summed E-state index contributed by atoms with van der Waals surface area (Å²) in [6, 6.07) is 4.81. The van der Waals surface area contributed by atoms with Crippen LogP contribution in [-0.2, 0) is 6.54 Å². The van der Waals surface area contributed by atoms with Gasteiger partial charge in [0.1, 0.15) is 5.82 Å². The van der Waals surface area contributed by atoms with Gasteiger partial charge >= 0.3 is 0 Å². The molecule has 1 unspecified atom stereocenters. The SMILES string of the molecule is CC(Cl)CCN(C)Cc1ccc(F)c(Cl)c1. The molecule has 4 heteroatoms. The van der Waals surface area contributed by atoms with E-state index in [1.54, 1.807) is 12.1 Å². The van der Waals surface area contributed by atoms with E-state index in [-0.39, 0.29) is 16.2 Å². The van der Waals surface area contributed by atoms with Crippen molar-refractivity contribution < 1.29 is 4.39 Å². The number of halogens is 3. The fraction of sp³-hybridized carbons (Fsp3) is 0.500.